The second-order valence-corrected chi connectivity index (χ2v) is 36.1. The number of alkyl halides is 7. The van der Waals surface area contributed by atoms with Crippen LogP contribution < -0.4 is 59.5 Å². The molecule has 0 bridgehead atoms. The van der Waals surface area contributed by atoms with E-state index < -0.39 is 40.7 Å². The minimum atomic E-state index is -4.98. The Morgan fingerprint density at radius 2 is 0.992 bits per heavy atom. The topological polar surface area (TPSA) is 222 Å². The summed E-state index contributed by atoms with van der Waals surface area (Å²) < 4.78 is 154. The summed E-state index contributed by atoms with van der Waals surface area (Å²) in [5, 5.41) is 12.2. The average Bonchev–Trinajstić information content (AvgIpc) is 1.58. The van der Waals surface area contributed by atoms with Gasteiger partial charge in [-0.3, -0.25) is 42.7 Å². The molecule has 639 valence electrons. The van der Waals surface area contributed by atoms with Crippen molar-refractivity contribution in [2.24, 2.45) is 24.1 Å². The summed E-state index contributed by atoms with van der Waals surface area (Å²) in [5.74, 6) is -2.70. The molecule has 6 aromatic carbocycles. The van der Waals surface area contributed by atoms with Crippen LogP contribution in [0.1, 0.15) is 80.5 Å². The molecule has 0 saturated carbocycles. The molecule has 0 spiro atoms. The number of aliphatic hydroxyl groups is 1. The van der Waals surface area contributed by atoms with E-state index in [0.717, 1.165) is 63.6 Å². The van der Waals surface area contributed by atoms with Gasteiger partial charge in [0.1, 0.15) is 34.9 Å². The van der Waals surface area contributed by atoms with Crippen molar-refractivity contribution >= 4 is 189 Å². The number of hydrogen-bond donors (Lipinski definition) is 4. The number of pyridine rings is 5. The number of unbranched alkanes of at least 4 members (excludes halogenated alkanes) is 1. The number of halogens is 18. The maximum atomic E-state index is 14.4. The average molecular weight is 2130 g/mol. The molecule has 124 heavy (non-hydrogen) atoms. The fourth-order valence-electron chi connectivity index (χ4n) is 10.7. The summed E-state index contributed by atoms with van der Waals surface area (Å²) in [5.41, 5.74) is 8.45. The Labute approximate surface area is 805 Å². The maximum absolute atomic E-state index is 14.4. The van der Waals surface area contributed by atoms with Gasteiger partial charge in [0.15, 0.2) is 0 Å². The number of thiol groups is 1. The maximum Gasteiger partial charge on any atom is 1.00 e. The van der Waals surface area contributed by atoms with Crippen molar-refractivity contribution in [3.05, 3.63) is 355 Å². The third kappa shape index (κ3) is 34.2. The Balaban J connectivity index is 0.000000382. The number of imidazole rings is 2. The zero-order chi connectivity index (χ0) is 90.2. The summed E-state index contributed by atoms with van der Waals surface area (Å²) >= 11 is 33.8. The number of aryl methyl sites for hydroxylation is 3. The number of rotatable bonds is 11. The molecule has 1 atom stereocenters. The van der Waals surface area contributed by atoms with Gasteiger partial charge in [-0.15, -0.1) is 0 Å². The summed E-state index contributed by atoms with van der Waals surface area (Å²) in [4.78, 5) is 54.2. The second kappa shape index (κ2) is 52.6. The number of carbonyl (C=O) groups excluding carboxylic acids is 3. The van der Waals surface area contributed by atoms with Crippen LogP contribution in [0.25, 0.3) is 55.6 Å². The van der Waals surface area contributed by atoms with Gasteiger partial charge in [-0.2, -0.15) is 32.8 Å². The van der Waals surface area contributed by atoms with Gasteiger partial charge in [-0.05, 0) is 211 Å². The Bertz CT molecular complexity index is 6000. The van der Waals surface area contributed by atoms with Crippen LogP contribution in [0.15, 0.2) is 284 Å². The molecule has 1 radical (unpaired) electrons. The van der Waals surface area contributed by atoms with Crippen molar-refractivity contribution in [2.75, 3.05) is 0 Å². The zero-order valence-corrected chi connectivity index (χ0v) is 80.3. The van der Waals surface area contributed by atoms with E-state index >= 15 is 0 Å². The molecular formula is C84H71BBr5Cl3F10LiN12NaO5PS. The summed E-state index contributed by atoms with van der Waals surface area (Å²) in [6, 6.07) is 53.4. The predicted octanol–water partition coefficient (Wildman–Crippen LogP) is 19.7. The number of para-hydroxylation sites is 2. The van der Waals surface area contributed by atoms with E-state index in [-0.39, 0.29) is 89.9 Å². The number of aromatic nitrogens is 9. The molecule has 15 rings (SSSR count). The van der Waals surface area contributed by atoms with Gasteiger partial charge in [0.25, 0.3) is 11.7 Å². The number of nitrogens with zero attached hydrogens (tertiary/aromatic N) is 10. The molecule has 0 saturated heterocycles. The second-order valence-electron chi connectivity index (χ2n) is 25.0. The number of fused-ring (bicyclic) bond motifs is 4. The van der Waals surface area contributed by atoms with Gasteiger partial charge in [0.2, 0.25) is 11.5 Å². The first-order chi connectivity index (χ1) is 57.6. The number of hydrogen-bond acceptors (Lipinski definition) is 12. The van der Waals surface area contributed by atoms with Gasteiger partial charge in [-0.1, -0.05) is 129 Å². The van der Waals surface area contributed by atoms with Crippen LogP contribution in [0.2, 0.25) is 0 Å². The number of ketones is 1. The number of primary amides is 1. The summed E-state index contributed by atoms with van der Waals surface area (Å²) in [6.45, 7) is 8.01. The Kier molecular flexibility index (Phi) is 46.2. The van der Waals surface area contributed by atoms with Gasteiger partial charge in [0.05, 0.1) is 46.9 Å². The van der Waals surface area contributed by atoms with E-state index in [9.17, 15) is 68.0 Å². The van der Waals surface area contributed by atoms with Crippen LogP contribution in [-0.2, 0) is 36.1 Å². The SMILES string of the molecule is BrCc1cc(Br)ccn1.Cc1cc(Br)ccn1.Cn1cc(C(=O)C(F)(F)F)c2ccccc21.Cn1cc(C(O)(c2ccn3c(-c4ccc(F)cc4)ncc3c2)C(F)(F)F)c2ccccc21.Fc1ccc(-c2ncc3cc(Br)ccn23)cc1.NC(=O)c1ccc(F)cc1.O=C(NCc1cc(Br)ccn1)c1ccc(F)cc1.O=P(Cl)(Cl)Cl.[B]=NS.[CH2-]CCC.[H-].[Li+].[Na+]. The van der Waals surface area contributed by atoms with Crippen molar-refractivity contribution in [3.8, 4) is 22.8 Å². The molecule has 0 aliphatic rings. The van der Waals surface area contributed by atoms with Crippen LogP contribution in [-0.4, -0.2) is 85.6 Å². The molecule has 15 aromatic rings. The quantitative estimate of drug-likeness (QED) is 0.0182. The first kappa shape index (κ1) is 109. The van der Waals surface area contributed by atoms with Gasteiger partial charge < -0.3 is 33.6 Å². The Hall–Kier alpha value is -7.59. The van der Waals surface area contributed by atoms with E-state index in [1.54, 1.807) is 115 Å². The van der Waals surface area contributed by atoms with E-state index in [4.69, 9.17) is 5.73 Å². The summed E-state index contributed by atoms with van der Waals surface area (Å²) in [7, 11) is 7.58. The fraction of sp³-hybridized carbons (Fsp3) is 0.131. The van der Waals surface area contributed by atoms with Crippen LogP contribution in [0.5, 0.6) is 0 Å². The Morgan fingerprint density at radius 3 is 1.41 bits per heavy atom. The minimum Gasteiger partial charge on any atom is -1.00 e. The largest absolute Gasteiger partial charge is 1.00 e. The molecule has 9 aromatic heterocycles. The summed E-state index contributed by atoms with van der Waals surface area (Å²) in [6.07, 6.45) is 6.78. The number of nitrogens with one attached hydrogen (secondary N) is 1. The number of Topliss-reactive ketones (excluding diaryl/α,β-unsaturated/α-hetero) is 1. The third-order valence-corrected chi connectivity index (χ3v) is 18.9. The molecule has 1 unspecified atom stereocenters. The molecule has 0 aliphatic heterocycles. The smallest absolute Gasteiger partial charge is 1.00 e. The number of carbonyl (C=O) groups is 3. The minimum absolute atomic E-state index is 0. The monoisotopic (exact) mass is 2120 g/mol. The van der Waals surface area contributed by atoms with Gasteiger partial charge >= 0.3 is 90.7 Å². The zero-order valence-electron chi connectivity index (χ0n) is 67.3. The molecular weight excluding hydrogens is 2060 g/mol. The van der Waals surface area contributed by atoms with Crippen molar-refractivity contribution < 1.29 is 118 Å². The number of amides is 2. The molecule has 9 heterocycles. The first-order valence-corrected chi connectivity index (χ1v) is 44.3. The molecule has 40 heteroatoms. The van der Waals surface area contributed by atoms with Gasteiger partial charge in [0, 0.05) is 142 Å². The van der Waals surface area contributed by atoms with Crippen LogP contribution >= 0.6 is 131 Å². The predicted molar refractivity (Wildman–Crippen MR) is 484 cm³/mol. The first-order valence-electron chi connectivity index (χ1n) is 35.2. The van der Waals surface area contributed by atoms with E-state index in [0.29, 0.717) is 56.4 Å². The molecule has 2 amide bonds. The standard InChI is InChI=1S/C24H17F4N3O.C13H10BrFN2O.C13H8BrFN2.C11H8F3NO.C7H6FNO.C6H5Br2N.C6H6BrN.C4H9.BHNS.Cl3OP.Li.Na.H/c1-30-14-20(19-4-2-3-5-21(19)30)23(32,24(26,27)28)16-10-11-31-18(12-16)13-29-22(31)15-6-8-17(25)9-7-15;14-10-5-6-16-12(7-10)8-17-13(18)9-1-3-11(15)4-2-9;14-10-5-6-17-12(7-10)8-16-13(17)9-1-3-11(15)4-2-9;1-15-6-8(10(16)11(12,13)14)7-4-2-3-5-9(7)15;8-6-3-1-5(2-4-6)7(9)10;7-4-6-3-5(8)1-2-9-6;1-5-4-6(7)2-3-8-5;1-3-4-2;1-2-3;1-5(2,3)4;;;/h2-14,32H,1H3;1-7H,8H2,(H,17,18);1-8H;2-6H,1H3;1-4H,(H2,9,10);1-3H,4H2;2-4H,1H3;1,3-4H2,2H3;3H;;;;/q;;;;;;;-1;;;2*+1;-1. The molecule has 0 aliphatic carbocycles. The van der Waals surface area contributed by atoms with E-state index in [1.165, 1.54) is 127 Å². The normalized spacial score (nSPS) is 11.0. The van der Waals surface area contributed by atoms with Gasteiger partial charge in [-0.25, -0.2) is 27.5 Å². The third-order valence-electron chi connectivity index (χ3n) is 16.3. The Morgan fingerprint density at radius 1 is 0.597 bits per heavy atom. The van der Waals surface area contributed by atoms with Crippen LogP contribution in [0.3, 0.4) is 0 Å². The molecule has 4 N–H and O–H groups in total. The van der Waals surface area contributed by atoms with Crippen molar-refractivity contribution in [1.29, 1.82) is 0 Å². The van der Waals surface area contributed by atoms with E-state index in [1.807, 2.05) is 66.1 Å². The van der Waals surface area contributed by atoms with Crippen LogP contribution in [0.4, 0.5) is 43.9 Å². The van der Waals surface area contributed by atoms with Crippen molar-refractivity contribution in [2.45, 2.75) is 56.5 Å². The van der Waals surface area contributed by atoms with Crippen molar-refractivity contribution in [1.82, 2.24) is 48.2 Å². The van der Waals surface area contributed by atoms with Crippen LogP contribution in [0, 0.1) is 37.1 Å². The van der Waals surface area contributed by atoms with E-state index in [2.05, 4.69) is 182 Å². The number of benzene rings is 6. The van der Waals surface area contributed by atoms with Crippen molar-refractivity contribution in [3.63, 3.8) is 0 Å². The molecule has 17 nitrogen and oxygen atoms in total. The number of nitrogens with two attached hydrogens (primary N) is 1. The fourth-order valence-corrected chi connectivity index (χ4v) is 12.5. The molecule has 0 fully saturated rings.